The van der Waals surface area contributed by atoms with Gasteiger partial charge in [-0.1, -0.05) is 6.92 Å². The summed E-state index contributed by atoms with van der Waals surface area (Å²) in [5.41, 5.74) is 3.46. The quantitative estimate of drug-likeness (QED) is 0.775. The third-order valence-electron chi connectivity index (χ3n) is 4.69. The van der Waals surface area contributed by atoms with Gasteiger partial charge >= 0.3 is 0 Å². The lowest BCUT2D eigenvalue weighted by Gasteiger charge is -2.38. The second-order valence-electron chi connectivity index (χ2n) is 7.17. The Morgan fingerprint density at radius 1 is 1.35 bits per heavy atom. The summed E-state index contributed by atoms with van der Waals surface area (Å²) in [5, 5.41) is 16.4. The number of fused-ring (bicyclic) bond motifs is 2. The van der Waals surface area contributed by atoms with Crippen LogP contribution in [0.2, 0.25) is 0 Å². The van der Waals surface area contributed by atoms with Gasteiger partial charge in [0.05, 0.1) is 24.5 Å². The van der Waals surface area contributed by atoms with E-state index in [1.807, 2.05) is 12.1 Å². The summed E-state index contributed by atoms with van der Waals surface area (Å²) in [6.07, 6.45) is 3.30. The Balaban J connectivity index is 1.76. The molecule has 0 fully saturated rings. The maximum Gasteiger partial charge on any atom is 0.200 e. The topological polar surface area (TPSA) is 73.6 Å². The van der Waals surface area contributed by atoms with Crippen LogP contribution >= 0.6 is 0 Å². The van der Waals surface area contributed by atoms with E-state index in [4.69, 9.17) is 9.47 Å². The minimum atomic E-state index is -0.290. The molecule has 7 nitrogen and oxygen atoms in total. The van der Waals surface area contributed by atoms with Crippen molar-refractivity contribution in [2.45, 2.75) is 45.3 Å². The molecule has 3 heterocycles. The van der Waals surface area contributed by atoms with Crippen molar-refractivity contribution in [3.05, 3.63) is 41.9 Å². The van der Waals surface area contributed by atoms with E-state index in [1.54, 1.807) is 18.0 Å². The molecule has 0 bridgehead atoms. The average molecular weight is 353 g/mol. The summed E-state index contributed by atoms with van der Waals surface area (Å²) in [6, 6.07) is 8.11. The van der Waals surface area contributed by atoms with Gasteiger partial charge in [0.1, 0.15) is 23.4 Å². The standard InChI is InChI=1S/C19H23N5O2/c1-5-12-8-15(18-22-20-11-24(18)23-12)21-16-10-19(2,3)26-17-9-13(25-4)6-7-14(16)17/h6-9,11,16,21H,5,10H2,1-4H3. The highest BCUT2D eigenvalue weighted by Crippen LogP contribution is 2.43. The fraction of sp³-hybridized carbons (Fsp3) is 0.421. The van der Waals surface area contributed by atoms with Gasteiger partial charge < -0.3 is 14.8 Å². The Hall–Kier alpha value is -2.83. The van der Waals surface area contributed by atoms with Crippen molar-refractivity contribution in [1.29, 1.82) is 0 Å². The minimum Gasteiger partial charge on any atom is -0.497 e. The summed E-state index contributed by atoms with van der Waals surface area (Å²) >= 11 is 0. The summed E-state index contributed by atoms with van der Waals surface area (Å²) < 4.78 is 13.3. The van der Waals surface area contributed by atoms with Gasteiger partial charge in [-0.05, 0) is 38.5 Å². The number of rotatable bonds is 4. The number of aromatic nitrogens is 4. The van der Waals surface area contributed by atoms with Crippen LogP contribution < -0.4 is 14.8 Å². The molecule has 3 aromatic rings. The monoisotopic (exact) mass is 353 g/mol. The van der Waals surface area contributed by atoms with Gasteiger partial charge in [-0.15, -0.1) is 10.2 Å². The lowest BCUT2D eigenvalue weighted by atomic mass is 9.89. The molecule has 1 aromatic carbocycles. The molecule has 1 aliphatic heterocycles. The molecule has 0 radical (unpaired) electrons. The van der Waals surface area contributed by atoms with Crippen LogP contribution in [0, 0.1) is 0 Å². The van der Waals surface area contributed by atoms with Crippen LogP contribution in [-0.4, -0.2) is 32.5 Å². The van der Waals surface area contributed by atoms with Crippen LogP contribution in [-0.2, 0) is 6.42 Å². The van der Waals surface area contributed by atoms with Gasteiger partial charge in [0.25, 0.3) is 0 Å². The molecule has 26 heavy (non-hydrogen) atoms. The number of ether oxygens (including phenoxy) is 2. The number of nitrogens with one attached hydrogen (secondary N) is 1. The predicted molar refractivity (Wildman–Crippen MR) is 98.8 cm³/mol. The van der Waals surface area contributed by atoms with Gasteiger partial charge in [0.15, 0.2) is 0 Å². The van der Waals surface area contributed by atoms with Crippen LogP contribution in [0.15, 0.2) is 30.6 Å². The van der Waals surface area contributed by atoms with E-state index < -0.39 is 0 Å². The number of hydrogen-bond donors (Lipinski definition) is 1. The summed E-state index contributed by atoms with van der Waals surface area (Å²) in [6.45, 7) is 6.28. The van der Waals surface area contributed by atoms with E-state index in [2.05, 4.69) is 53.5 Å². The molecule has 2 aromatic heterocycles. The smallest absolute Gasteiger partial charge is 0.200 e. The fourth-order valence-electron chi connectivity index (χ4n) is 3.43. The summed E-state index contributed by atoms with van der Waals surface area (Å²) in [4.78, 5) is 0. The van der Waals surface area contributed by atoms with Crippen LogP contribution in [0.5, 0.6) is 11.5 Å². The van der Waals surface area contributed by atoms with E-state index in [0.717, 1.165) is 46.9 Å². The molecule has 1 N–H and O–H groups in total. The van der Waals surface area contributed by atoms with Gasteiger partial charge in [-0.25, -0.2) is 0 Å². The predicted octanol–water partition coefficient (Wildman–Crippen LogP) is 3.41. The average Bonchev–Trinajstić information content (AvgIpc) is 3.08. The Morgan fingerprint density at radius 2 is 2.19 bits per heavy atom. The Morgan fingerprint density at radius 3 is 2.96 bits per heavy atom. The zero-order valence-electron chi connectivity index (χ0n) is 15.5. The van der Waals surface area contributed by atoms with Crippen LogP contribution in [0.3, 0.4) is 0 Å². The van der Waals surface area contributed by atoms with Crippen molar-refractivity contribution < 1.29 is 9.47 Å². The number of aryl methyl sites for hydroxylation is 1. The van der Waals surface area contributed by atoms with Crippen molar-refractivity contribution in [2.24, 2.45) is 0 Å². The highest BCUT2D eigenvalue weighted by molar-refractivity contribution is 5.68. The second kappa shape index (κ2) is 6.16. The molecule has 0 spiro atoms. The molecule has 0 amide bonds. The molecular formula is C19H23N5O2. The molecule has 7 heteroatoms. The Labute approximate surface area is 152 Å². The molecule has 1 aliphatic rings. The zero-order chi connectivity index (χ0) is 18.3. The van der Waals surface area contributed by atoms with Crippen molar-refractivity contribution in [3.63, 3.8) is 0 Å². The molecule has 1 unspecified atom stereocenters. The summed E-state index contributed by atoms with van der Waals surface area (Å²) in [7, 11) is 1.66. The first-order valence-electron chi connectivity index (χ1n) is 8.82. The van der Waals surface area contributed by atoms with Gasteiger partial charge in [-0.2, -0.15) is 9.61 Å². The highest BCUT2D eigenvalue weighted by Gasteiger charge is 2.34. The minimum absolute atomic E-state index is 0.0901. The van der Waals surface area contributed by atoms with Gasteiger partial charge in [-0.3, -0.25) is 0 Å². The van der Waals surface area contributed by atoms with Crippen molar-refractivity contribution in [2.75, 3.05) is 12.4 Å². The van der Waals surface area contributed by atoms with Gasteiger partial charge in [0.2, 0.25) is 5.65 Å². The second-order valence-corrected chi connectivity index (χ2v) is 7.17. The SMILES string of the molecule is CCc1cc(NC2CC(C)(C)Oc3cc(OC)ccc32)c2nncn2n1. The molecular weight excluding hydrogens is 330 g/mol. The first-order valence-corrected chi connectivity index (χ1v) is 8.82. The normalized spacial score (nSPS) is 18.2. The number of anilines is 1. The largest absolute Gasteiger partial charge is 0.497 e. The lowest BCUT2D eigenvalue weighted by Crippen LogP contribution is -2.37. The molecule has 0 aliphatic carbocycles. The molecule has 0 saturated carbocycles. The van der Waals surface area contributed by atoms with Gasteiger partial charge in [0, 0.05) is 18.1 Å². The molecule has 4 rings (SSSR count). The van der Waals surface area contributed by atoms with Crippen molar-refractivity contribution in [3.8, 4) is 11.5 Å². The Bertz CT molecular complexity index is 950. The molecule has 1 atom stereocenters. The van der Waals surface area contributed by atoms with Crippen molar-refractivity contribution >= 4 is 11.3 Å². The highest BCUT2D eigenvalue weighted by atomic mass is 16.5. The Kier molecular flexibility index (Phi) is 3.94. The van der Waals surface area contributed by atoms with Crippen LogP contribution in [0.4, 0.5) is 5.69 Å². The van der Waals surface area contributed by atoms with Crippen LogP contribution in [0.25, 0.3) is 5.65 Å². The number of methoxy groups -OCH3 is 1. The van der Waals surface area contributed by atoms with E-state index in [1.165, 1.54) is 0 Å². The molecule has 0 saturated heterocycles. The van der Waals surface area contributed by atoms with E-state index >= 15 is 0 Å². The number of nitrogens with zero attached hydrogens (tertiary/aromatic N) is 4. The lowest BCUT2D eigenvalue weighted by molar-refractivity contribution is 0.0755. The van der Waals surface area contributed by atoms with E-state index in [9.17, 15) is 0 Å². The first kappa shape index (κ1) is 16.6. The third kappa shape index (κ3) is 2.94. The van der Waals surface area contributed by atoms with Crippen molar-refractivity contribution in [1.82, 2.24) is 19.8 Å². The number of benzene rings is 1. The summed E-state index contributed by atoms with van der Waals surface area (Å²) in [5.74, 6) is 1.64. The first-order chi connectivity index (χ1) is 12.5. The number of hydrogen-bond acceptors (Lipinski definition) is 6. The maximum absolute atomic E-state index is 6.18. The van der Waals surface area contributed by atoms with E-state index in [-0.39, 0.29) is 11.6 Å². The fourth-order valence-corrected chi connectivity index (χ4v) is 3.43. The maximum atomic E-state index is 6.18. The van der Waals surface area contributed by atoms with E-state index in [0.29, 0.717) is 0 Å². The third-order valence-corrected chi connectivity index (χ3v) is 4.69. The molecule has 136 valence electrons. The van der Waals surface area contributed by atoms with Crippen LogP contribution in [0.1, 0.15) is 44.5 Å². The zero-order valence-corrected chi connectivity index (χ0v) is 15.5.